The van der Waals surface area contributed by atoms with Gasteiger partial charge in [0.2, 0.25) is 5.91 Å². The number of imidazole rings is 1. The van der Waals surface area contributed by atoms with Crippen LogP contribution in [0.4, 0.5) is 0 Å². The van der Waals surface area contributed by atoms with E-state index in [2.05, 4.69) is 15.3 Å². The summed E-state index contributed by atoms with van der Waals surface area (Å²) in [6.45, 7) is -0.534. The topological polar surface area (TPSA) is 97.1 Å². The molecule has 0 spiro atoms. The maximum absolute atomic E-state index is 12.0. The van der Waals surface area contributed by atoms with Gasteiger partial charge in [-0.1, -0.05) is 23.7 Å². The molecule has 0 fully saturated rings. The molecule has 0 bridgehead atoms. The number of carboxylic acids is 1. The van der Waals surface area contributed by atoms with E-state index in [9.17, 15) is 9.59 Å². The van der Waals surface area contributed by atoms with Crippen LogP contribution in [-0.4, -0.2) is 89.4 Å². The Labute approximate surface area is 190 Å². The fourth-order valence-electron chi connectivity index (χ4n) is 2.33. The van der Waals surface area contributed by atoms with E-state index in [0.29, 0.717) is 22.0 Å². The van der Waals surface area contributed by atoms with Gasteiger partial charge in [0.1, 0.15) is 24.4 Å². The number of nitrogens with one attached hydrogen (secondary N) is 1. The third kappa shape index (κ3) is 4.87. The van der Waals surface area contributed by atoms with E-state index >= 15 is 0 Å². The van der Waals surface area contributed by atoms with Crippen LogP contribution < -0.4 is 5.32 Å². The van der Waals surface area contributed by atoms with E-state index in [1.807, 2.05) is 6.07 Å². The van der Waals surface area contributed by atoms with E-state index in [0.717, 1.165) is 5.56 Å². The Balaban J connectivity index is 0.00000225. The molecule has 3 rings (SSSR count). The molecule has 0 aliphatic rings. The van der Waals surface area contributed by atoms with Gasteiger partial charge in [0, 0.05) is 16.8 Å². The van der Waals surface area contributed by atoms with Gasteiger partial charge in [-0.25, -0.2) is 9.97 Å². The predicted molar refractivity (Wildman–Crippen MR) is 95.8 cm³/mol. The van der Waals surface area contributed by atoms with Gasteiger partial charge in [0.15, 0.2) is 5.65 Å². The quantitative estimate of drug-likeness (QED) is 0.646. The Hall–Kier alpha value is -1.29. The Morgan fingerprint density at radius 3 is 2.76 bits per heavy atom. The zero-order chi connectivity index (χ0) is 17.1. The number of aromatic nitrogens is 3. The molecule has 0 unspecified atom stereocenters. The third-order valence-corrected chi connectivity index (χ3v) is 3.56. The van der Waals surface area contributed by atoms with E-state index < -0.39 is 18.4 Å². The molecule has 2 heterocycles. The van der Waals surface area contributed by atoms with Gasteiger partial charge < -0.3 is 10.4 Å². The summed E-state index contributed by atoms with van der Waals surface area (Å²) in [6, 6.07) is 10.7. The fraction of sp³-hybridized carbons (Fsp3) is 0.125. The van der Waals surface area contributed by atoms with E-state index in [1.165, 1.54) is 0 Å². The third-order valence-electron chi connectivity index (χ3n) is 3.33. The molecule has 2 aromatic heterocycles. The van der Waals surface area contributed by atoms with Gasteiger partial charge in [-0.15, -0.1) is 0 Å². The van der Waals surface area contributed by atoms with E-state index in [-0.39, 0.29) is 57.9 Å². The van der Waals surface area contributed by atoms with E-state index in [4.69, 9.17) is 16.7 Å². The van der Waals surface area contributed by atoms with Crippen LogP contribution in [0.5, 0.6) is 0 Å². The van der Waals surface area contributed by atoms with Crippen molar-refractivity contribution < 1.29 is 14.7 Å². The van der Waals surface area contributed by atoms with Crippen molar-refractivity contribution in [2.45, 2.75) is 6.54 Å². The number of amides is 1. The number of carbonyl (C=O) groups is 2. The van der Waals surface area contributed by atoms with Crippen LogP contribution in [0.1, 0.15) is 0 Å². The Morgan fingerprint density at radius 2 is 2.04 bits per heavy atom. The Bertz CT molecular complexity index is 929. The van der Waals surface area contributed by atoms with Gasteiger partial charge in [0.05, 0.1) is 0 Å². The Morgan fingerprint density at radius 1 is 1.24 bits per heavy atom. The standard InChI is InChI=1S/C16H13ClN4O3.K.H/c17-11-4-1-3-10(7-11)15-20-12-5-2-6-18-16(12)21(15)9-13(22)19-8-14(23)24;;/h1-7H,8-9H2,(H,19,22)(H,23,24);;. The van der Waals surface area contributed by atoms with Crippen LogP contribution in [-0.2, 0) is 16.1 Å². The Kier molecular flexibility index (Phi) is 7.11. The van der Waals surface area contributed by atoms with Gasteiger partial charge in [-0.05, 0) is 24.3 Å². The first-order chi connectivity index (χ1) is 11.5. The van der Waals surface area contributed by atoms with Crippen molar-refractivity contribution in [3.05, 3.63) is 47.6 Å². The number of benzene rings is 1. The molecule has 1 aromatic carbocycles. The summed E-state index contributed by atoms with van der Waals surface area (Å²) in [5, 5.41) is 11.5. The molecule has 1 amide bonds. The molecule has 0 aliphatic carbocycles. The number of pyridine rings is 1. The predicted octanol–water partition coefficient (Wildman–Crippen LogP) is 1.30. The number of carbonyl (C=O) groups excluding carboxylic acids is 1. The van der Waals surface area contributed by atoms with Crippen LogP contribution in [0.25, 0.3) is 22.6 Å². The SMILES string of the molecule is O=C(O)CNC(=O)Cn1c(-c2cccc(Cl)c2)nc2cccnc21.[KH]. The van der Waals surface area contributed by atoms with E-state index in [1.54, 1.807) is 41.1 Å². The molecule has 3 aromatic rings. The number of halogens is 1. The number of fused-ring (bicyclic) bond motifs is 1. The zero-order valence-electron chi connectivity index (χ0n) is 12.4. The molecule has 0 saturated heterocycles. The molecule has 0 aliphatic heterocycles. The first-order valence-corrected chi connectivity index (χ1v) is 7.48. The van der Waals surface area contributed by atoms with Gasteiger partial charge in [-0.2, -0.15) is 0 Å². The van der Waals surface area contributed by atoms with Crippen molar-refractivity contribution in [1.29, 1.82) is 0 Å². The van der Waals surface area contributed by atoms with Crippen molar-refractivity contribution in [2.24, 2.45) is 0 Å². The number of rotatable bonds is 5. The molecule has 25 heavy (non-hydrogen) atoms. The molecule has 124 valence electrons. The molecule has 0 radical (unpaired) electrons. The first-order valence-electron chi connectivity index (χ1n) is 7.10. The molecule has 7 nitrogen and oxygen atoms in total. The van der Waals surface area contributed by atoms with Crippen LogP contribution in [0.15, 0.2) is 42.6 Å². The number of hydrogen-bond donors (Lipinski definition) is 2. The summed E-state index contributed by atoms with van der Waals surface area (Å²) in [6.07, 6.45) is 1.61. The van der Waals surface area contributed by atoms with Crippen LogP contribution in [0.3, 0.4) is 0 Å². The molecule has 9 heteroatoms. The molecular formula is C16H14ClKN4O3. The molecule has 0 atom stereocenters. The molecule has 2 N–H and O–H groups in total. The van der Waals surface area contributed by atoms with Gasteiger partial charge >= 0.3 is 57.4 Å². The van der Waals surface area contributed by atoms with Gasteiger partial charge in [-0.3, -0.25) is 14.2 Å². The number of carboxylic acid groups (broad SMARTS) is 1. The second-order valence-corrected chi connectivity index (χ2v) is 5.48. The van der Waals surface area contributed by atoms with Crippen molar-refractivity contribution in [3.8, 4) is 11.4 Å². The summed E-state index contributed by atoms with van der Waals surface area (Å²) >= 11 is 6.04. The van der Waals surface area contributed by atoms with Crippen LogP contribution >= 0.6 is 11.6 Å². The molecule has 0 saturated carbocycles. The minimum atomic E-state index is -1.10. The maximum atomic E-state index is 12.0. The minimum absolute atomic E-state index is 0. The summed E-state index contributed by atoms with van der Waals surface area (Å²) in [7, 11) is 0. The fourth-order valence-corrected chi connectivity index (χ4v) is 2.52. The second kappa shape index (κ2) is 8.88. The summed E-state index contributed by atoms with van der Waals surface area (Å²) in [5.74, 6) is -1.01. The normalized spacial score (nSPS) is 10.3. The second-order valence-electron chi connectivity index (χ2n) is 5.05. The summed E-state index contributed by atoms with van der Waals surface area (Å²) in [4.78, 5) is 31.4. The van der Waals surface area contributed by atoms with Crippen molar-refractivity contribution >= 4 is 86.0 Å². The average Bonchev–Trinajstić information content (AvgIpc) is 2.92. The van der Waals surface area contributed by atoms with Crippen molar-refractivity contribution in [3.63, 3.8) is 0 Å². The van der Waals surface area contributed by atoms with Crippen molar-refractivity contribution in [1.82, 2.24) is 19.9 Å². The first kappa shape index (κ1) is 20.0. The summed E-state index contributed by atoms with van der Waals surface area (Å²) in [5.41, 5.74) is 1.92. The monoisotopic (exact) mass is 384 g/mol. The van der Waals surface area contributed by atoms with Gasteiger partial charge in [0.25, 0.3) is 0 Å². The van der Waals surface area contributed by atoms with Crippen molar-refractivity contribution in [2.75, 3.05) is 6.54 Å². The molecular weight excluding hydrogens is 371 g/mol. The number of aliphatic carboxylic acids is 1. The average molecular weight is 385 g/mol. The van der Waals surface area contributed by atoms with Crippen LogP contribution in [0.2, 0.25) is 5.02 Å². The summed E-state index contributed by atoms with van der Waals surface area (Å²) < 4.78 is 1.64. The number of hydrogen-bond acceptors (Lipinski definition) is 4. The number of nitrogens with zero attached hydrogens (tertiary/aromatic N) is 3. The van der Waals surface area contributed by atoms with Crippen LogP contribution in [0, 0.1) is 0 Å². The zero-order valence-corrected chi connectivity index (χ0v) is 13.2.